The van der Waals surface area contributed by atoms with Crippen LogP contribution in [0.5, 0.6) is 0 Å². The van der Waals surface area contributed by atoms with Gasteiger partial charge in [0.15, 0.2) is 0 Å². The summed E-state index contributed by atoms with van der Waals surface area (Å²) in [5.74, 6) is -1.14. The number of carbonyl (C=O) groups is 2. The average molecular weight is 413 g/mol. The minimum Gasteiger partial charge on any atom is -0.481 e. The van der Waals surface area contributed by atoms with Gasteiger partial charge in [0.25, 0.3) is 0 Å². The van der Waals surface area contributed by atoms with E-state index < -0.39 is 17.4 Å². The molecular weight excluding hydrogens is 364 g/mol. The van der Waals surface area contributed by atoms with Crippen LogP contribution < -0.4 is 0 Å². The molecule has 0 aliphatic rings. The first-order valence-electron chi connectivity index (χ1n) is 11.9. The zero-order chi connectivity index (χ0) is 22.7. The van der Waals surface area contributed by atoms with E-state index in [1.54, 1.807) is 6.92 Å². The Morgan fingerprint density at radius 3 is 1.69 bits per heavy atom. The first-order valence-corrected chi connectivity index (χ1v) is 11.9. The van der Waals surface area contributed by atoms with E-state index >= 15 is 0 Å². The van der Waals surface area contributed by atoms with E-state index in [1.165, 1.54) is 19.3 Å². The summed E-state index contributed by atoms with van der Waals surface area (Å²) >= 11 is 0. The van der Waals surface area contributed by atoms with Crippen LogP contribution in [0.4, 0.5) is 0 Å². The van der Waals surface area contributed by atoms with Gasteiger partial charge in [-0.25, -0.2) is 0 Å². The Balaban J connectivity index is 5.30. The normalized spacial score (nSPS) is 15.5. The molecule has 0 saturated carbocycles. The summed E-state index contributed by atoms with van der Waals surface area (Å²) in [4.78, 5) is 23.6. The highest BCUT2D eigenvalue weighted by molar-refractivity contribution is 5.75. The third-order valence-corrected chi connectivity index (χ3v) is 7.49. The second kappa shape index (κ2) is 13.3. The Morgan fingerprint density at radius 1 is 0.759 bits per heavy atom. The number of aliphatic carboxylic acids is 2. The van der Waals surface area contributed by atoms with Crippen LogP contribution in [0.25, 0.3) is 0 Å². The van der Waals surface area contributed by atoms with E-state index in [0.29, 0.717) is 6.42 Å². The molecule has 0 aliphatic heterocycles. The van der Waals surface area contributed by atoms with Gasteiger partial charge in [0.1, 0.15) is 0 Å². The molecule has 4 heteroatoms. The SMILES string of the molecule is CCCCCCCC(C)(C(=O)O)C(CCCCCC(C)C(=O)O)(C(C)C)C(C)C. The van der Waals surface area contributed by atoms with Crippen molar-refractivity contribution in [2.45, 2.75) is 119 Å². The molecule has 2 unspecified atom stereocenters. The van der Waals surface area contributed by atoms with Crippen LogP contribution in [0.1, 0.15) is 119 Å². The average Bonchev–Trinajstić information content (AvgIpc) is 2.63. The fourth-order valence-corrected chi connectivity index (χ4v) is 5.58. The number of carboxylic acids is 2. The first kappa shape index (κ1) is 27.9. The fraction of sp³-hybridized carbons (Fsp3) is 0.920. The third-order valence-electron chi connectivity index (χ3n) is 7.49. The highest BCUT2D eigenvalue weighted by Crippen LogP contribution is 2.56. The van der Waals surface area contributed by atoms with Gasteiger partial charge in [-0.1, -0.05) is 92.9 Å². The van der Waals surface area contributed by atoms with Gasteiger partial charge in [-0.2, -0.15) is 0 Å². The summed E-state index contributed by atoms with van der Waals surface area (Å²) in [6.07, 6.45) is 10.8. The number of hydrogen-bond donors (Lipinski definition) is 2. The Bertz CT molecular complexity index is 475. The second-order valence-electron chi connectivity index (χ2n) is 9.99. The molecule has 0 fully saturated rings. The molecule has 0 rings (SSSR count). The van der Waals surface area contributed by atoms with Crippen molar-refractivity contribution in [2.24, 2.45) is 28.6 Å². The number of rotatable bonds is 17. The highest BCUT2D eigenvalue weighted by Gasteiger charge is 2.55. The molecule has 0 radical (unpaired) electrons. The molecule has 0 heterocycles. The lowest BCUT2D eigenvalue weighted by Gasteiger charge is -2.53. The Kier molecular flexibility index (Phi) is 12.8. The van der Waals surface area contributed by atoms with Crippen molar-refractivity contribution >= 4 is 11.9 Å². The molecular formula is C25H48O4. The summed E-state index contributed by atoms with van der Waals surface area (Å²) in [7, 11) is 0. The minimum atomic E-state index is -0.740. The van der Waals surface area contributed by atoms with Crippen molar-refractivity contribution in [3.8, 4) is 0 Å². The molecule has 0 aromatic carbocycles. The van der Waals surface area contributed by atoms with Crippen molar-refractivity contribution < 1.29 is 19.8 Å². The van der Waals surface area contributed by atoms with Crippen molar-refractivity contribution in [3.63, 3.8) is 0 Å². The van der Waals surface area contributed by atoms with Gasteiger partial charge >= 0.3 is 11.9 Å². The van der Waals surface area contributed by atoms with E-state index in [4.69, 9.17) is 5.11 Å². The second-order valence-corrected chi connectivity index (χ2v) is 9.99. The predicted molar refractivity (Wildman–Crippen MR) is 121 cm³/mol. The third kappa shape index (κ3) is 7.61. The molecule has 172 valence electrons. The van der Waals surface area contributed by atoms with E-state index in [-0.39, 0.29) is 23.2 Å². The molecule has 4 nitrogen and oxygen atoms in total. The van der Waals surface area contributed by atoms with Gasteiger partial charge in [-0.3, -0.25) is 9.59 Å². The van der Waals surface area contributed by atoms with Crippen LogP contribution in [0.2, 0.25) is 0 Å². The molecule has 0 saturated heterocycles. The maximum absolute atomic E-state index is 12.6. The molecule has 0 amide bonds. The quantitative estimate of drug-likeness (QED) is 0.244. The van der Waals surface area contributed by atoms with Crippen LogP contribution in [0.3, 0.4) is 0 Å². The minimum absolute atomic E-state index is 0.262. The Morgan fingerprint density at radius 2 is 1.24 bits per heavy atom. The van der Waals surface area contributed by atoms with Gasteiger partial charge < -0.3 is 10.2 Å². The van der Waals surface area contributed by atoms with Gasteiger partial charge in [-0.05, 0) is 43.4 Å². The highest BCUT2D eigenvalue weighted by atomic mass is 16.4. The molecule has 0 aliphatic carbocycles. The van der Waals surface area contributed by atoms with Gasteiger partial charge in [0.05, 0.1) is 11.3 Å². The monoisotopic (exact) mass is 412 g/mol. The fourth-order valence-electron chi connectivity index (χ4n) is 5.58. The van der Waals surface area contributed by atoms with Gasteiger partial charge in [0.2, 0.25) is 0 Å². The topological polar surface area (TPSA) is 74.6 Å². The first-order chi connectivity index (χ1) is 13.5. The van der Waals surface area contributed by atoms with Gasteiger partial charge in [-0.15, -0.1) is 0 Å². The smallest absolute Gasteiger partial charge is 0.309 e. The molecule has 0 bridgehead atoms. The molecule has 0 aromatic rings. The molecule has 2 atom stereocenters. The van der Waals surface area contributed by atoms with Crippen LogP contribution in [0, 0.1) is 28.6 Å². The van der Waals surface area contributed by atoms with E-state index in [9.17, 15) is 14.7 Å². The van der Waals surface area contributed by atoms with E-state index in [0.717, 1.165) is 44.9 Å². The zero-order valence-corrected chi connectivity index (χ0v) is 20.2. The summed E-state index contributed by atoms with van der Waals surface area (Å²) in [5, 5.41) is 19.4. The number of hydrogen-bond acceptors (Lipinski definition) is 2. The largest absolute Gasteiger partial charge is 0.481 e. The maximum Gasteiger partial charge on any atom is 0.309 e. The Labute approximate surface area is 179 Å². The molecule has 0 spiro atoms. The van der Waals surface area contributed by atoms with E-state index in [2.05, 4.69) is 34.6 Å². The van der Waals surface area contributed by atoms with Crippen molar-refractivity contribution in [2.75, 3.05) is 0 Å². The standard InChI is InChI=1S/C25H48O4/c1-8-9-10-11-14-17-24(7,23(28)29)25(19(2)3,20(4)5)18-15-12-13-16-21(6)22(26)27/h19-21H,8-18H2,1-7H3,(H,26,27)(H,28,29). The predicted octanol–water partition coefficient (Wildman–Crippen LogP) is 7.41. The summed E-state index contributed by atoms with van der Waals surface area (Å²) in [6.45, 7) is 14.7. The summed E-state index contributed by atoms with van der Waals surface area (Å²) in [5.41, 5.74) is -1.00. The van der Waals surface area contributed by atoms with Gasteiger partial charge in [0, 0.05) is 0 Å². The van der Waals surface area contributed by atoms with Crippen LogP contribution >= 0.6 is 0 Å². The molecule has 0 aromatic heterocycles. The number of unbranched alkanes of at least 4 members (excludes halogenated alkanes) is 6. The van der Waals surface area contributed by atoms with Crippen molar-refractivity contribution in [1.29, 1.82) is 0 Å². The van der Waals surface area contributed by atoms with Crippen LogP contribution in [-0.2, 0) is 9.59 Å². The maximum atomic E-state index is 12.6. The molecule has 2 N–H and O–H groups in total. The zero-order valence-electron chi connectivity index (χ0n) is 20.2. The van der Waals surface area contributed by atoms with Crippen molar-refractivity contribution in [3.05, 3.63) is 0 Å². The van der Waals surface area contributed by atoms with E-state index in [1.807, 2.05) is 6.92 Å². The van der Waals surface area contributed by atoms with Crippen LogP contribution in [0.15, 0.2) is 0 Å². The lowest BCUT2D eigenvalue weighted by atomic mass is 9.50. The lowest BCUT2D eigenvalue weighted by molar-refractivity contribution is -0.167. The van der Waals surface area contributed by atoms with Crippen LogP contribution in [-0.4, -0.2) is 22.2 Å². The lowest BCUT2D eigenvalue weighted by Crippen LogP contribution is -2.52. The van der Waals surface area contributed by atoms with Crippen molar-refractivity contribution in [1.82, 2.24) is 0 Å². The summed E-state index contributed by atoms with van der Waals surface area (Å²) in [6, 6.07) is 0. The Hall–Kier alpha value is -1.06. The molecule has 29 heavy (non-hydrogen) atoms. The number of carboxylic acid groups (broad SMARTS) is 2. The summed E-state index contributed by atoms with van der Waals surface area (Å²) < 4.78 is 0.